The van der Waals surface area contributed by atoms with E-state index in [0.717, 1.165) is 36.8 Å². The molecule has 186 valence electrons. The summed E-state index contributed by atoms with van der Waals surface area (Å²) in [7, 11) is 0. The van der Waals surface area contributed by atoms with Crippen molar-refractivity contribution in [1.29, 1.82) is 10.8 Å². The van der Waals surface area contributed by atoms with E-state index in [-0.39, 0.29) is 18.4 Å². The number of ether oxygens (including phenoxy) is 2. The zero-order valence-corrected chi connectivity index (χ0v) is 20.5. The number of aromatic amines is 1. The molecule has 4 aromatic rings. The van der Waals surface area contributed by atoms with Crippen LogP contribution in [0.4, 0.5) is 0 Å². The Morgan fingerprint density at radius 2 is 1.81 bits per heavy atom. The van der Waals surface area contributed by atoms with Gasteiger partial charge < -0.3 is 24.5 Å². The van der Waals surface area contributed by atoms with Crippen molar-refractivity contribution in [2.75, 3.05) is 26.2 Å². The lowest BCUT2D eigenvalue weighted by Gasteiger charge is -2.33. The number of β-amino-alcohol motifs (C(OH)–C–C–N with tert-alkyl or cyclic N) is 1. The van der Waals surface area contributed by atoms with Crippen LogP contribution < -0.4 is 4.74 Å². The first kappa shape index (κ1) is 24.0. The summed E-state index contributed by atoms with van der Waals surface area (Å²) in [6.45, 7) is 4.17. The molecule has 3 aromatic carbocycles. The monoisotopic (exact) mass is 484 g/mol. The van der Waals surface area contributed by atoms with Gasteiger partial charge in [-0.3, -0.25) is 10.8 Å². The molecule has 1 aliphatic rings. The van der Waals surface area contributed by atoms with Crippen molar-refractivity contribution in [3.63, 3.8) is 0 Å². The van der Waals surface area contributed by atoms with E-state index < -0.39 is 6.10 Å². The largest absolute Gasteiger partial charge is 0.490 e. The Morgan fingerprint density at radius 3 is 2.58 bits per heavy atom. The van der Waals surface area contributed by atoms with Gasteiger partial charge >= 0.3 is 0 Å². The fourth-order valence-corrected chi connectivity index (χ4v) is 5.03. The Labute approximate surface area is 210 Å². The Morgan fingerprint density at radius 1 is 1.03 bits per heavy atom. The van der Waals surface area contributed by atoms with Crippen LogP contribution in [0, 0.1) is 10.8 Å². The van der Waals surface area contributed by atoms with Crippen LogP contribution in [-0.4, -0.2) is 59.1 Å². The minimum absolute atomic E-state index is 0.0421. The third-order valence-corrected chi connectivity index (χ3v) is 6.86. The van der Waals surface area contributed by atoms with Crippen LogP contribution in [0.3, 0.4) is 0 Å². The SMILES string of the molecule is CC(=N)OC(=N)c1cc2c(OC[C@H](O)CN3CCC(c4ccc5ccccc5c4)CC3)cccc2[nH]1. The van der Waals surface area contributed by atoms with Crippen LogP contribution in [0.1, 0.15) is 36.9 Å². The number of hydrogen-bond acceptors (Lipinski definition) is 6. The molecule has 0 bridgehead atoms. The van der Waals surface area contributed by atoms with Crippen molar-refractivity contribution in [2.24, 2.45) is 0 Å². The lowest BCUT2D eigenvalue weighted by molar-refractivity contribution is 0.0599. The van der Waals surface area contributed by atoms with Crippen molar-refractivity contribution in [3.8, 4) is 5.75 Å². The average molecular weight is 485 g/mol. The minimum Gasteiger partial charge on any atom is -0.490 e. The highest BCUT2D eigenvalue weighted by Crippen LogP contribution is 2.31. The van der Waals surface area contributed by atoms with E-state index in [0.29, 0.717) is 23.9 Å². The van der Waals surface area contributed by atoms with Crippen LogP contribution >= 0.6 is 0 Å². The molecule has 0 spiro atoms. The molecule has 1 atom stereocenters. The van der Waals surface area contributed by atoms with E-state index in [1.807, 2.05) is 18.2 Å². The second-order valence-corrected chi connectivity index (χ2v) is 9.53. The number of benzene rings is 3. The van der Waals surface area contributed by atoms with Gasteiger partial charge in [-0.15, -0.1) is 0 Å². The highest BCUT2D eigenvalue weighted by molar-refractivity contribution is 6.02. The predicted molar refractivity (Wildman–Crippen MR) is 143 cm³/mol. The number of aromatic nitrogens is 1. The number of fused-ring (bicyclic) bond motifs is 2. The predicted octanol–water partition coefficient (Wildman–Crippen LogP) is 5.28. The summed E-state index contributed by atoms with van der Waals surface area (Å²) in [6.07, 6.45) is 1.57. The summed E-state index contributed by atoms with van der Waals surface area (Å²) in [5, 5.41) is 29.5. The summed E-state index contributed by atoms with van der Waals surface area (Å²) >= 11 is 0. The fraction of sp³-hybridized carbons (Fsp3) is 0.310. The summed E-state index contributed by atoms with van der Waals surface area (Å²) < 4.78 is 11.1. The van der Waals surface area contributed by atoms with Crippen molar-refractivity contribution in [3.05, 3.63) is 78.0 Å². The number of aliphatic hydroxyl groups excluding tert-OH is 1. The maximum Gasteiger partial charge on any atom is 0.237 e. The van der Waals surface area contributed by atoms with Gasteiger partial charge in [0.15, 0.2) is 5.90 Å². The molecule has 0 aliphatic carbocycles. The van der Waals surface area contributed by atoms with Crippen LogP contribution in [0.15, 0.2) is 66.7 Å². The van der Waals surface area contributed by atoms with Crippen LogP contribution in [0.25, 0.3) is 21.7 Å². The standard InChI is InChI=1S/C29H32N4O3/c1-19(30)36-29(31)27-16-25-26(32-27)7-4-8-28(25)35-18-24(34)17-33-13-11-21(12-14-33)23-10-9-20-5-2-3-6-22(20)15-23/h2-10,15-16,21,24,30-32,34H,11-14,17-18H2,1H3/t24-/m1/s1. The van der Waals surface area contributed by atoms with Gasteiger partial charge in [-0.2, -0.15) is 0 Å². The minimum atomic E-state index is -0.599. The number of nitrogens with zero attached hydrogens (tertiary/aromatic N) is 1. The molecule has 0 radical (unpaired) electrons. The molecule has 1 aliphatic heterocycles. The molecule has 2 heterocycles. The van der Waals surface area contributed by atoms with Crippen LogP contribution in [-0.2, 0) is 4.74 Å². The quantitative estimate of drug-likeness (QED) is 0.212. The van der Waals surface area contributed by atoms with Crippen LogP contribution in [0.5, 0.6) is 5.75 Å². The fourth-order valence-electron chi connectivity index (χ4n) is 5.03. The highest BCUT2D eigenvalue weighted by atomic mass is 16.5. The Balaban J connectivity index is 1.14. The Hall–Kier alpha value is -3.68. The topological polar surface area (TPSA) is 105 Å². The van der Waals surface area contributed by atoms with E-state index >= 15 is 0 Å². The van der Waals surface area contributed by atoms with Crippen molar-refractivity contribution in [1.82, 2.24) is 9.88 Å². The molecule has 0 amide bonds. The second-order valence-electron chi connectivity index (χ2n) is 9.53. The smallest absolute Gasteiger partial charge is 0.237 e. The molecule has 1 saturated heterocycles. The van der Waals surface area contributed by atoms with Crippen LogP contribution in [0.2, 0.25) is 0 Å². The van der Waals surface area contributed by atoms with Gasteiger partial charge in [-0.25, -0.2) is 0 Å². The second kappa shape index (κ2) is 10.5. The van der Waals surface area contributed by atoms with E-state index in [1.165, 1.54) is 23.3 Å². The van der Waals surface area contributed by atoms with E-state index in [9.17, 15) is 5.11 Å². The maximum absolute atomic E-state index is 10.7. The molecular formula is C29H32N4O3. The first-order valence-corrected chi connectivity index (χ1v) is 12.4. The third kappa shape index (κ3) is 5.42. The van der Waals surface area contributed by atoms with Crippen molar-refractivity contribution < 1.29 is 14.6 Å². The maximum atomic E-state index is 10.7. The Bertz CT molecular complexity index is 1390. The zero-order valence-electron chi connectivity index (χ0n) is 20.5. The molecule has 36 heavy (non-hydrogen) atoms. The summed E-state index contributed by atoms with van der Waals surface area (Å²) in [4.78, 5) is 5.44. The summed E-state index contributed by atoms with van der Waals surface area (Å²) in [6, 6.07) is 22.7. The van der Waals surface area contributed by atoms with Gasteiger partial charge in [-0.1, -0.05) is 48.5 Å². The van der Waals surface area contributed by atoms with Gasteiger partial charge in [0.1, 0.15) is 24.2 Å². The van der Waals surface area contributed by atoms with Crippen molar-refractivity contribution >= 4 is 33.5 Å². The lowest BCUT2D eigenvalue weighted by Crippen LogP contribution is -2.40. The normalized spacial score (nSPS) is 15.7. The molecule has 1 fully saturated rings. The van der Waals surface area contributed by atoms with Gasteiger partial charge in [0.25, 0.3) is 0 Å². The molecule has 7 nitrogen and oxygen atoms in total. The molecule has 0 unspecified atom stereocenters. The number of rotatable bonds is 7. The lowest BCUT2D eigenvalue weighted by atomic mass is 9.88. The number of piperidine rings is 1. The molecule has 5 rings (SSSR count). The average Bonchev–Trinajstić information content (AvgIpc) is 3.33. The number of hydrogen-bond donors (Lipinski definition) is 4. The van der Waals surface area contributed by atoms with E-state index in [4.69, 9.17) is 20.3 Å². The molecule has 0 saturated carbocycles. The molecular weight excluding hydrogens is 452 g/mol. The van der Waals surface area contributed by atoms with E-state index in [1.54, 1.807) is 6.07 Å². The summed E-state index contributed by atoms with van der Waals surface area (Å²) in [5.41, 5.74) is 2.69. The van der Waals surface area contributed by atoms with E-state index in [2.05, 4.69) is 52.3 Å². The first-order valence-electron chi connectivity index (χ1n) is 12.4. The molecule has 7 heteroatoms. The number of likely N-dealkylation sites (tertiary alicyclic amines) is 1. The number of H-pyrrole nitrogens is 1. The third-order valence-electron chi connectivity index (χ3n) is 6.86. The molecule has 4 N–H and O–H groups in total. The van der Waals surface area contributed by atoms with Gasteiger partial charge in [0.05, 0.1) is 0 Å². The van der Waals surface area contributed by atoms with Gasteiger partial charge in [0, 0.05) is 24.4 Å². The number of aliphatic hydroxyl groups is 1. The Kier molecular flexibility index (Phi) is 7.02. The van der Waals surface area contributed by atoms with Crippen molar-refractivity contribution in [2.45, 2.75) is 31.8 Å². The number of nitrogens with one attached hydrogen (secondary N) is 3. The summed E-state index contributed by atoms with van der Waals surface area (Å²) in [5.74, 6) is 1.04. The first-order chi connectivity index (χ1) is 17.5. The molecule has 1 aromatic heterocycles. The van der Waals surface area contributed by atoms with Gasteiger partial charge in [-0.05, 0) is 66.4 Å². The van der Waals surface area contributed by atoms with Gasteiger partial charge in [0.2, 0.25) is 5.90 Å². The highest BCUT2D eigenvalue weighted by Gasteiger charge is 2.23. The zero-order chi connectivity index (χ0) is 25.1.